The Kier molecular flexibility index (Phi) is 4.88. The Bertz CT molecular complexity index is 672. The zero-order valence-electron chi connectivity index (χ0n) is 10.7. The highest BCUT2D eigenvalue weighted by molar-refractivity contribution is 6.34. The summed E-state index contributed by atoms with van der Waals surface area (Å²) in [6.45, 7) is 0.0835. The molecule has 0 aliphatic rings. The summed E-state index contributed by atoms with van der Waals surface area (Å²) < 4.78 is 19.0. The van der Waals surface area contributed by atoms with Crippen LogP contribution >= 0.6 is 23.2 Å². The van der Waals surface area contributed by atoms with Gasteiger partial charge in [-0.05, 0) is 42.0 Å². The summed E-state index contributed by atoms with van der Waals surface area (Å²) in [5.74, 6) is -0.231. The fourth-order valence-corrected chi connectivity index (χ4v) is 2.22. The molecule has 0 radical (unpaired) electrons. The van der Waals surface area contributed by atoms with Gasteiger partial charge in [0.1, 0.15) is 18.2 Å². The van der Waals surface area contributed by atoms with Crippen LogP contribution in [0.5, 0.6) is 5.75 Å². The Hall–Kier alpha value is -1.98. The molecule has 0 aliphatic heterocycles. The lowest BCUT2D eigenvalue weighted by molar-refractivity contribution is 0.305. The maximum Gasteiger partial charge on any atom is 0.170 e. The van der Waals surface area contributed by atoms with Gasteiger partial charge >= 0.3 is 0 Å². The highest BCUT2D eigenvalue weighted by Gasteiger charge is 2.06. The Balaban J connectivity index is 2.18. The molecule has 0 aliphatic carbocycles. The first-order valence-corrected chi connectivity index (χ1v) is 6.60. The predicted octanol–water partition coefficient (Wildman–Crippen LogP) is 3.81. The highest BCUT2D eigenvalue weighted by Crippen LogP contribution is 2.25. The third-order valence-corrected chi connectivity index (χ3v) is 3.04. The van der Waals surface area contributed by atoms with Gasteiger partial charge in [0.25, 0.3) is 0 Å². The fourth-order valence-electron chi connectivity index (χ4n) is 1.72. The van der Waals surface area contributed by atoms with Crippen LogP contribution < -0.4 is 10.5 Å². The molecule has 0 heterocycles. The van der Waals surface area contributed by atoms with Gasteiger partial charge < -0.3 is 15.7 Å². The number of nitrogens with two attached hydrogens (primary N) is 1. The third-order valence-electron chi connectivity index (χ3n) is 2.60. The van der Waals surface area contributed by atoms with Crippen LogP contribution in [0.25, 0.3) is 0 Å². The van der Waals surface area contributed by atoms with Crippen molar-refractivity contribution in [3.63, 3.8) is 0 Å². The summed E-state index contributed by atoms with van der Waals surface area (Å²) in [4.78, 5) is 0. The number of oxime groups is 1. The van der Waals surface area contributed by atoms with Crippen LogP contribution in [0.15, 0.2) is 41.6 Å². The highest BCUT2D eigenvalue weighted by atomic mass is 35.5. The molecular formula is C14H11Cl2FN2O2. The Morgan fingerprint density at radius 1 is 1.14 bits per heavy atom. The minimum Gasteiger partial charge on any atom is -0.489 e. The summed E-state index contributed by atoms with van der Waals surface area (Å²) in [5.41, 5.74) is 6.22. The lowest BCUT2D eigenvalue weighted by atomic mass is 10.1. The SMILES string of the molecule is N/C(=N/O)c1cc(F)cc(COc2cc(Cl)cc(Cl)c2)c1. The van der Waals surface area contributed by atoms with Crippen molar-refractivity contribution in [2.24, 2.45) is 10.9 Å². The van der Waals surface area contributed by atoms with Crippen molar-refractivity contribution in [2.75, 3.05) is 0 Å². The molecule has 2 aromatic carbocycles. The largest absolute Gasteiger partial charge is 0.489 e. The van der Waals surface area contributed by atoms with Gasteiger partial charge in [0.15, 0.2) is 5.84 Å². The van der Waals surface area contributed by atoms with Crippen molar-refractivity contribution in [2.45, 2.75) is 6.61 Å². The van der Waals surface area contributed by atoms with Crippen molar-refractivity contribution in [1.29, 1.82) is 0 Å². The summed E-state index contributed by atoms with van der Waals surface area (Å²) in [6, 6.07) is 8.78. The van der Waals surface area contributed by atoms with E-state index in [1.807, 2.05) is 0 Å². The van der Waals surface area contributed by atoms with Crippen LogP contribution in [-0.4, -0.2) is 11.0 Å². The normalized spacial score (nSPS) is 11.5. The second kappa shape index (κ2) is 6.65. The first-order chi connectivity index (χ1) is 9.97. The number of halogens is 3. The molecule has 0 spiro atoms. The van der Waals surface area contributed by atoms with E-state index in [4.69, 9.17) is 38.9 Å². The van der Waals surface area contributed by atoms with Gasteiger partial charge in [0.2, 0.25) is 0 Å². The Morgan fingerprint density at radius 3 is 2.43 bits per heavy atom. The molecule has 2 rings (SSSR count). The van der Waals surface area contributed by atoms with Crippen LogP contribution in [-0.2, 0) is 6.61 Å². The van der Waals surface area contributed by atoms with Crippen LogP contribution in [0, 0.1) is 5.82 Å². The molecule has 0 aromatic heterocycles. The number of rotatable bonds is 4. The van der Waals surface area contributed by atoms with Gasteiger partial charge in [-0.2, -0.15) is 0 Å². The van der Waals surface area contributed by atoms with Crippen molar-refractivity contribution in [3.05, 3.63) is 63.4 Å². The van der Waals surface area contributed by atoms with Gasteiger partial charge in [0, 0.05) is 15.6 Å². The molecule has 0 saturated heterocycles. The number of benzene rings is 2. The second-order valence-corrected chi connectivity index (χ2v) is 5.10. The van der Waals surface area contributed by atoms with E-state index in [0.29, 0.717) is 21.4 Å². The molecule has 4 nitrogen and oxygen atoms in total. The molecule has 110 valence electrons. The summed E-state index contributed by atoms with van der Waals surface area (Å²) in [6.07, 6.45) is 0. The second-order valence-electron chi connectivity index (χ2n) is 4.23. The summed E-state index contributed by atoms with van der Waals surface area (Å²) in [5, 5.41) is 12.3. The Morgan fingerprint density at radius 2 is 1.81 bits per heavy atom. The van der Waals surface area contributed by atoms with E-state index in [-0.39, 0.29) is 18.0 Å². The van der Waals surface area contributed by atoms with Gasteiger partial charge in [-0.25, -0.2) is 4.39 Å². The minimum absolute atomic E-state index is 0.0835. The Labute approximate surface area is 130 Å². The molecule has 2 aromatic rings. The number of amidine groups is 1. The van der Waals surface area contributed by atoms with E-state index in [0.717, 1.165) is 6.07 Å². The van der Waals surface area contributed by atoms with Gasteiger partial charge in [0.05, 0.1) is 0 Å². The number of hydrogen-bond acceptors (Lipinski definition) is 3. The number of hydrogen-bond donors (Lipinski definition) is 2. The molecule has 0 fully saturated rings. The monoisotopic (exact) mass is 328 g/mol. The molecular weight excluding hydrogens is 318 g/mol. The van der Waals surface area contributed by atoms with Crippen LogP contribution in [0.1, 0.15) is 11.1 Å². The smallest absolute Gasteiger partial charge is 0.170 e. The first kappa shape index (κ1) is 15.4. The van der Waals surface area contributed by atoms with Crippen molar-refractivity contribution in [3.8, 4) is 5.75 Å². The third kappa shape index (κ3) is 4.24. The van der Waals surface area contributed by atoms with E-state index in [1.54, 1.807) is 24.3 Å². The van der Waals surface area contributed by atoms with Crippen molar-refractivity contribution >= 4 is 29.0 Å². The average molecular weight is 329 g/mol. The van der Waals surface area contributed by atoms with Crippen molar-refractivity contribution in [1.82, 2.24) is 0 Å². The quantitative estimate of drug-likeness (QED) is 0.388. The van der Waals surface area contributed by atoms with Crippen LogP contribution in [0.3, 0.4) is 0 Å². The summed E-state index contributed by atoms with van der Waals surface area (Å²) >= 11 is 11.7. The molecule has 0 unspecified atom stereocenters. The zero-order chi connectivity index (χ0) is 15.4. The van der Waals surface area contributed by atoms with Crippen molar-refractivity contribution < 1.29 is 14.3 Å². The number of ether oxygens (including phenoxy) is 1. The van der Waals surface area contributed by atoms with Crippen LogP contribution in [0.4, 0.5) is 4.39 Å². The van der Waals surface area contributed by atoms with Crippen LogP contribution in [0.2, 0.25) is 10.0 Å². The molecule has 7 heteroatoms. The zero-order valence-corrected chi connectivity index (χ0v) is 12.2. The van der Waals surface area contributed by atoms with Gasteiger partial charge in [-0.1, -0.05) is 28.4 Å². The fraction of sp³-hybridized carbons (Fsp3) is 0.0714. The molecule has 21 heavy (non-hydrogen) atoms. The summed E-state index contributed by atoms with van der Waals surface area (Å²) in [7, 11) is 0. The molecule has 0 atom stereocenters. The molecule has 3 N–H and O–H groups in total. The maximum absolute atomic E-state index is 13.5. The number of nitrogens with zero attached hydrogens (tertiary/aromatic N) is 1. The van der Waals surface area contributed by atoms with Gasteiger partial charge in [-0.3, -0.25) is 0 Å². The first-order valence-electron chi connectivity index (χ1n) is 5.84. The minimum atomic E-state index is -0.512. The topological polar surface area (TPSA) is 67.8 Å². The maximum atomic E-state index is 13.5. The average Bonchev–Trinajstić information content (AvgIpc) is 2.42. The molecule has 0 amide bonds. The van der Waals surface area contributed by atoms with E-state index >= 15 is 0 Å². The molecule has 0 bridgehead atoms. The lowest BCUT2D eigenvalue weighted by Crippen LogP contribution is -2.14. The lowest BCUT2D eigenvalue weighted by Gasteiger charge is -2.09. The van der Waals surface area contributed by atoms with E-state index in [1.165, 1.54) is 6.07 Å². The van der Waals surface area contributed by atoms with E-state index in [2.05, 4.69) is 5.16 Å². The van der Waals surface area contributed by atoms with E-state index in [9.17, 15) is 4.39 Å². The predicted molar refractivity (Wildman–Crippen MR) is 79.7 cm³/mol. The molecule has 0 saturated carbocycles. The van der Waals surface area contributed by atoms with Gasteiger partial charge in [-0.15, -0.1) is 0 Å². The van der Waals surface area contributed by atoms with E-state index < -0.39 is 5.82 Å². The standard InChI is InChI=1S/C14H11Cl2FN2O2/c15-10-4-11(16)6-13(5-10)21-7-8-1-9(14(18)19-20)3-12(17)2-8/h1-6,20H,7H2,(H2,18,19).